The zero-order valence-electron chi connectivity index (χ0n) is 10.2. The maximum absolute atomic E-state index is 9.17. The SMILES string of the molecule is COc1ccc(-c2ccc(O)cc2)cc1.[Y].[Y].[Y]. The van der Waals surface area contributed by atoms with Gasteiger partial charge in [-0.3, -0.25) is 0 Å². The van der Waals surface area contributed by atoms with Crippen LogP contribution in [0, 0.1) is 0 Å². The Morgan fingerprint density at radius 1 is 0.722 bits per heavy atom. The standard InChI is InChI=1S/C13H12O2.3Y/c1-15-13-8-4-11(5-9-13)10-2-6-12(14)7-3-10;;;/h2-9,14H,1H3;;;. The van der Waals surface area contributed by atoms with Gasteiger partial charge in [0.2, 0.25) is 0 Å². The molecule has 0 aliphatic carbocycles. The van der Waals surface area contributed by atoms with Crippen LogP contribution < -0.4 is 4.74 Å². The van der Waals surface area contributed by atoms with Gasteiger partial charge in [0, 0.05) is 98.1 Å². The molecule has 85 valence electrons. The number of aromatic hydroxyl groups is 1. The van der Waals surface area contributed by atoms with E-state index >= 15 is 0 Å². The van der Waals surface area contributed by atoms with E-state index < -0.39 is 0 Å². The van der Waals surface area contributed by atoms with Crippen LogP contribution in [0.25, 0.3) is 11.1 Å². The normalized spacial score (nSPS) is 8.28. The summed E-state index contributed by atoms with van der Waals surface area (Å²) in [5.41, 5.74) is 2.19. The first kappa shape index (κ1) is 21.6. The van der Waals surface area contributed by atoms with Crippen molar-refractivity contribution < 1.29 is 108 Å². The van der Waals surface area contributed by atoms with E-state index in [0.717, 1.165) is 16.9 Å². The van der Waals surface area contributed by atoms with Gasteiger partial charge in [-0.1, -0.05) is 24.3 Å². The molecular formula is C13H12O2Y3. The van der Waals surface area contributed by atoms with E-state index in [1.54, 1.807) is 19.2 Å². The van der Waals surface area contributed by atoms with Crippen LogP contribution in [-0.2, 0) is 98.1 Å². The first-order valence-corrected chi connectivity index (χ1v) is 4.73. The zero-order valence-corrected chi connectivity index (χ0v) is 18.7. The van der Waals surface area contributed by atoms with Crippen LogP contribution >= 0.6 is 0 Å². The predicted octanol–water partition coefficient (Wildman–Crippen LogP) is 3.06. The molecule has 2 aromatic rings. The smallest absolute Gasteiger partial charge is 0.118 e. The molecule has 0 bridgehead atoms. The van der Waals surface area contributed by atoms with Gasteiger partial charge in [-0.05, 0) is 35.4 Å². The Bertz CT molecular complexity index is 441. The van der Waals surface area contributed by atoms with E-state index in [1.807, 2.05) is 36.4 Å². The topological polar surface area (TPSA) is 29.5 Å². The molecule has 0 saturated heterocycles. The summed E-state index contributed by atoms with van der Waals surface area (Å²) in [5.74, 6) is 1.13. The third-order valence-corrected chi connectivity index (χ3v) is 2.29. The fourth-order valence-electron chi connectivity index (χ4n) is 1.44. The van der Waals surface area contributed by atoms with Gasteiger partial charge in [0.25, 0.3) is 0 Å². The van der Waals surface area contributed by atoms with Gasteiger partial charge in [-0.15, -0.1) is 0 Å². The molecule has 1 N–H and O–H groups in total. The molecule has 18 heavy (non-hydrogen) atoms. The minimum absolute atomic E-state index is 0. The first-order chi connectivity index (χ1) is 7.29. The minimum Gasteiger partial charge on any atom is -0.508 e. The molecule has 2 nitrogen and oxygen atoms in total. The molecule has 0 aromatic heterocycles. The van der Waals surface area contributed by atoms with Crippen molar-refractivity contribution in [1.29, 1.82) is 0 Å². The van der Waals surface area contributed by atoms with Crippen molar-refractivity contribution in [3.8, 4) is 22.6 Å². The Kier molecular flexibility index (Phi) is 13.3. The number of hydrogen-bond donors (Lipinski definition) is 1. The second kappa shape index (κ2) is 11.1. The van der Waals surface area contributed by atoms with Crippen molar-refractivity contribution in [2.24, 2.45) is 0 Å². The third-order valence-electron chi connectivity index (χ3n) is 2.29. The second-order valence-corrected chi connectivity index (χ2v) is 3.28. The molecule has 0 aliphatic heterocycles. The van der Waals surface area contributed by atoms with Crippen LogP contribution in [0.3, 0.4) is 0 Å². The summed E-state index contributed by atoms with van der Waals surface area (Å²) < 4.78 is 5.08. The van der Waals surface area contributed by atoms with E-state index in [0.29, 0.717) is 0 Å². The van der Waals surface area contributed by atoms with Gasteiger partial charge in [-0.2, -0.15) is 0 Å². The molecule has 0 aliphatic rings. The number of phenolic OH excluding ortho intramolecular Hbond substituents is 1. The van der Waals surface area contributed by atoms with Crippen LogP contribution in [0.5, 0.6) is 11.5 Å². The second-order valence-electron chi connectivity index (χ2n) is 3.28. The molecule has 0 heterocycles. The van der Waals surface area contributed by atoms with E-state index in [-0.39, 0.29) is 104 Å². The number of rotatable bonds is 2. The predicted molar refractivity (Wildman–Crippen MR) is 60.1 cm³/mol. The number of ether oxygens (including phenoxy) is 1. The van der Waals surface area contributed by atoms with Crippen LogP contribution in [0.2, 0.25) is 0 Å². The number of phenols is 1. The van der Waals surface area contributed by atoms with Crippen molar-refractivity contribution in [1.82, 2.24) is 0 Å². The summed E-state index contributed by atoms with van der Waals surface area (Å²) >= 11 is 0. The molecule has 0 spiro atoms. The molecule has 3 radical (unpaired) electrons. The summed E-state index contributed by atoms with van der Waals surface area (Å²) in [4.78, 5) is 0. The molecule has 0 atom stereocenters. The average molecular weight is 467 g/mol. The quantitative estimate of drug-likeness (QED) is 0.737. The van der Waals surface area contributed by atoms with Gasteiger partial charge in [0.05, 0.1) is 7.11 Å². The summed E-state index contributed by atoms with van der Waals surface area (Å²) in [6, 6.07) is 15.0. The van der Waals surface area contributed by atoms with Gasteiger partial charge >= 0.3 is 0 Å². The Hall–Kier alpha value is 1.35. The fourth-order valence-corrected chi connectivity index (χ4v) is 1.44. The number of hydrogen-bond acceptors (Lipinski definition) is 2. The van der Waals surface area contributed by atoms with Gasteiger partial charge in [-0.25, -0.2) is 0 Å². The van der Waals surface area contributed by atoms with Crippen LogP contribution in [-0.4, -0.2) is 12.2 Å². The Morgan fingerprint density at radius 3 is 1.50 bits per heavy atom. The first-order valence-electron chi connectivity index (χ1n) is 4.73. The molecule has 0 amide bonds. The molecule has 0 fully saturated rings. The molecule has 5 heteroatoms. The summed E-state index contributed by atoms with van der Waals surface area (Å²) in [7, 11) is 1.65. The Labute approximate surface area is 183 Å². The molecule has 0 saturated carbocycles. The van der Waals surface area contributed by atoms with Crippen molar-refractivity contribution in [3.05, 3.63) is 48.5 Å². The molecule has 2 rings (SSSR count). The van der Waals surface area contributed by atoms with E-state index in [9.17, 15) is 0 Å². The maximum atomic E-state index is 9.17. The van der Waals surface area contributed by atoms with Crippen molar-refractivity contribution in [3.63, 3.8) is 0 Å². The summed E-state index contributed by atoms with van der Waals surface area (Å²) in [5, 5.41) is 9.17. The fraction of sp³-hybridized carbons (Fsp3) is 0.0769. The van der Waals surface area contributed by atoms with Gasteiger partial charge in [0.15, 0.2) is 0 Å². The number of methoxy groups -OCH3 is 1. The largest absolute Gasteiger partial charge is 0.508 e. The summed E-state index contributed by atoms with van der Waals surface area (Å²) in [6.45, 7) is 0. The van der Waals surface area contributed by atoms with Crippen molar-refractivity contribution >= 4 is 0 Å². The van der Waals surface area contributed by atoms with Crippen LogP contribution in [0.1, 0.15) is 0 Å². The Balaban J connectivity index is 0. The van der Waals surface area contributed by atoms with Crippen LogP contribution in [0.4, 0.5) is 0 Å². The van der Waals surface area contributed by atoms with Crippen molar-refractivity contribution in [2.45, 2.75) is 0 Å². The monoisotopic (exact) mass is 467 g/mol. The maximum Gasteiger partial charge on any atom is 0.118 e. The van der Waals surface area contributed by atoms with E-state index in [2.05, 4.69) is 0 Å². The zero-order chi connectivity index (χ0) is 10.7. The molecule has 2 aromatic carbocycles. The minimum atomic E-state index is 0. The van der Waals surface area contributed by atoms with Gasteiger partial charge < -0.3 is 9.84 Å². The van der Waals surface area contributed by atoms with Gasteiger partial charge in [0.1, 0.15) is 11.5 Å². The van der Waals surface area contributed by atoms with Crippen molar-refractivity contribution in [2.75, 3.05) is 7.11 Å². The average Bonchev–Trinajstić information content (AvgIpc) is 2.30. The third kappa shape index (κ3) is 6.20. The molecule has 0 unspecified atom stereocenters. The Morgan fingerprint density at radius 2 is 1.11 bits per heavy atom. The number of benzene rings is 2. The van der Waals surface area contributed by atoms with E-state index in [1.165, 1.54) is 0 Å². The van der Waals surface area contributed by atoms with E-state index in [4.69, 9.17) is 9.84 Å². The van der Waals surface area contributed by atoms with Crippen LogP contribution in [0.15, 0.2) is 48.5 Å². The molecular weight excluding hydrogens is 455 g/mol. The summed E-state index contributed by atoms with van der Waals surface area (Å²) in [6.07, 6.45) is 0.